The van der Waals surface area contributed by atoms with E-state index < -0.39 is 15.8 Å². The summed E-state index contributed by atoms with van der Waals surface area (Å²) in [7, 11) is -3.66. The first-order valence-corrected chi connectivity index (χ1v) is 5.67. The molecule has 0 bridgehead atoms. The molecule has 0 unspecified atom stereocenters. The van der Waals surface area contributed by atoms with Crippen molar-refractivity contribution in [2.24, 2.45) is 5.73 Å². The number of rotatable bonds is 4. The predicted octanol–water partition coefficient (Wildman–Crippen LogP) is -0.665. The van der Waals surface area contributed by atoms with Gasteiger partial charge in [-0.3, -0.25) is 0 Å². The van der Waals surface area contributed by atoms with Crippen LogP contribution in [0.5, 0.6) is 11.5 Å². The third-order valence-corrected chi connectivity index (χ3v) is 3.15. The molecule has 1 rings (SSSR count). The highest BCUT2D eigenvalue weighted by Gasteiger charge is 2.14. The molecule has 6 nitrogen and oxygen atoms in total. The van der Waals surface area contributed by atoms with Gasteiger partial charge in [0.05, 0.1) is 4.90 Å². The topological polar surface area (TPSA) is 113 Å². The van der Waals surface area contributed by atoms with Crippen molar-refractivity contribution in [3.8, 4) is 11.5 Å². The summed E-state index contributed by atoms with van der Waals surface area (Å²) in [4.78, 5) is -0.119. The fourth-order valence-corrected chi connectivity index (χ4v) is 2.01. The molecule has 0 aliphatic carbocycles. The highest BCUT2D eigenvalue weighted by Crippen LogP contribution is 2.26. The molecular weight excluding hydrogens is 220 g/mol. The standard InChI is InChI=1S/C8H12N2O4S/c9-3-4-10-15(13,14)6-1-2-7(11)8(12)5-6/h1-2,5,10-12H,3-4,9H2. The van der Waals surface area contributed by atoms with E-state index in [9.17, 15) is 8.42 Å². The fraction of sp³-hybridized carbons (Fsp3) is 0.250. The minimum atomic E-state index is -3.66. The van der Waals surface area contributed by atoms with Gasteiger partial charge in [-0.05, 0) is 12.1 Å². The van der Waals surface area contributed by atoms with Crippen LogP contribution in [0.1, 0.15) is 0 Å². The monoisotopic (exact) mass is 232 g/mol. The molecule has 0 saturated carbocycles. The molecule has 0 heterocycles. The number of hydrogen-bond donors (Lipinski definition) is 4. The van der Waals surface area contributed by atoms with Crippen LogP contribution in [0.25, 0.3) is 0 Å². The summed E-state index contributed by atoms with van der Waals surface area (Å²) in [5.41, 5.74) is 5.15. The van der Waals surface area contributed by atoms with Gasteiger partial charge in [0.15, 0.2) is 11.5 Å². The highest BCUT2D eigenvalue weighted by atomic mass is 32.2. The smallest absolute Gasteiger partial charge is 0.240 e. The Kier molecular flexibility index (Phi) is 3.51. The van der Waals surface area contributed by atoms with Crippen LogP contribution < -0.4 is 10.5 Å². The Morgan fingerprint density at radius 3 is 2.47 bits per heavy atom. The third-order valence-electron chi connectivity index (χ3n) is 1.69. The highest BCUT2D eigenvalue weighted by molar-refractivity contribution is 7.89. The van der Waals surface area contributed by atoms with E-state index in [1.807, 2.05) is 0 Å². The first-order valence-electron chi connectivity index (χ1n) is 4.19. The number of phenols is 2. The normalized spacial score (nSPS) is 11.5. The van der Waals surface area contributed by atoms with Gasteiger partial charge in [0, 0.05) is 19.2 Å². The van der Waals surface area contributed by atoms with Crippen molar-refractivity contribution in [2.75, 3.05) is 13.1 Å². The molecule has 0 radical (unpaired) electrons. The average Bonchev–Trinajstić information content (AvgIpc) is 2.19. The van der Waals surface area contributed by atoms with Gasteiger partial charge in [0.1, 0.15) is 0 Å². The van der Waals surface area contributed by atoms with E-state index in [-0.39, 0.29) is 23.7 Å². The Morgan fingerprint density at radius 1 is 1.27 bits per heavy atom. The zero-order valence-corrected chi connectivity index (χ0v) is 8.66. The minimum absolute atomic E-state index is 0.115. The van der Waals surface area contributed by atoms with E-state index in [1.165, 1.54) is 6.07 Å². The first kappa shape index (κ1) is 11.8. The Balaban J connectivity index is 3.00. The summed E-state index contributed by atoms with van der Waals surface area (Å²) in [5, 5.41) is 18.1. The van der Waals surface area contributed by atoms with Crippen LogP contribution >= 0.6 is 0 Å². The maximum atomic E-state index is 11.5. The van der Waals surface area contributed by atoms with Crippen LogP contribution in [0.4, 0.5) is 0 Å². The van der Waals surface area contributed by atoms with Gasteiger partial charge in [-0.25, -0.2) is 13.1 Å². The molecule has 0 fully saturated rings. The van der Waals surface area contributed by atoms with Gasteiger partial charge in [0.25, 0.3) is 0 Å². The number of hydrogen-bond acceptors (Lipinski definition) is 5. The van der Waals surface area contributed by atoms with Crippen molar-refractivity contribution in [1.29, 1.82) is 0 Å². The summed E-state index contributed by atoms with van der Waals surface area (Å²) in [6, 6.07) is 3.26. The van der Waals surface area contributed by atoms with E-state index >= 15 is 0 Å². The van der Waals surface area contributed by atoms with Gasteiger partial charge in [0.2, 0.25) is 10.0 Å². The molecule has 0 aliphatic rings. The molecule has 15 heavy (non-hydrogen) atoms. The number of nitrogens with two attached hydrogens (primary N) is 1. The molecular formula is C8H12N2O4S. The fourth-order valence-electron chi connectivity index (χ4n) is 0.947. The lowest BCUT2D eigenvalue weighted by molar-refractivity contribution is 0.402. The largest absolute Gasteiger partial charge is 0.504 e. The maximum absolute atomic E-state index is 11.5. The van der Waals surface area contributed by atoms with Crippen molar-refractivity contribution in [1.82, 2.24) is 4.72 Å². The van der Waals surface area contributed by atoms with Crippen molar-refractivity contribution in [3.05, 3.63) is 18.2 Å². The Hall–Kier alpha value is -1.31. The zero-order valence-electron chi connectivity index (χ0n) is 7.84. The molecule has 1 aromatic carbocycles. The van der Waals surface area contributed by atoms with Crippen molar-refractivity contribution in [2.45, 2.75) is 4.90 Å². The van der Waals surface area contributed by atoms with Gasteiger partial charge >= 0.3 is 0 Å². The lowest BCUT2D eigenvalue weighted by atomic mass is 10.3. The summed E-state index contributed by atoms with van der Waals surface area (Å²) in [6.07, 6.45) is 0. The van der Waals surface area contributed by atoms with Gasteiger partial charge in [-0.1, -0.05) is 0 Å². The number of phenolic OH excluding ortho intramolecular Hbond substituents is 2. The van der Waals surface area contributed by atoms with Crippen LogP contribution in [0.15, 0.2) is 23.1 Å². The summed E-state index contributed by atoms with van der Waals surface area (Å²) >= 11 is 0. The summed E-state index contributed by atoms with van der Waals surface area (Å²) in [6.45, 7) is 0.299. The van der Waals surface area contributed by atoms with Crippen LogP contribution in [0.3, 0.4) is 0 Å². The Labute approximate surface area is 87.4 Å². The number of aromatic hydroxyl groups is 2. The van der Waals surface area contributed by atoms with E-state index in [1.54, 1.807) is 0 Å². The van der Waals surface area contributed by atoms with Crippen LogP contribution in [0, 0.1) is 0 Å². The number of sulfonamides is 1. The lowest BCUT2D eigenvalue weighted by Gasteiger charge is -2.06. The molecule has 0 spiro atoms. The van der Waals surface area contributed by atoms with Gasteiger partial charge in [-0.2, -0.15) is 0 Å². The predicted molar refractivity (Wildman–Crippen MR) is 54.0 cm³/mol. The van der Waals surface area contributed by atoms with E-state index in [0.717, 1.165) is 12.1 Å². The number of nitrogens with one attached hydrogen (secondary N) is 1. The third kappa shape index (κ3) is 2.82. The van der Waals surface area contributed by atoms with Gasteiger partial charge < -0.3 is 15.9 Å². The molecule has 1 aromatic rings. The first-order chi connectivity index (χ1) is 6.97. The molecule has 0 aliphatic heterocycles. The van der Waals surface area contributed by atoms with E-state index in [2.05, 4.69) is 4.72 Å². The quantitative estimate of drug-likeness (QED) is 0.514. The SMILES string of the molecule is NCCNS(=O)(=O)c1ccc(O)c(O)c1. The molecule has 5 N–H and O–H groups in total. The molecule has 7 heteroatoms. The van der Waals surface area contributed by atoms with Crippen molar-refractivity contribution < 1.29 is 18.6 Å². The second kappa shape index (κ2) is 4.47. The molecule has 84 valence electrons. The maximum Gasteiger partial charge on any atom is 0.240 e. The molecule has 0 saturated heterocycles. The molecule has 0 amide bonds. The summed E-state index contributed by atoms with van der Waals surface area (Å²) < 4.78 is 25.2. The van der Waals surface area contributed by atoms with Crippen LogP contribution in [-0.4, -0.2) is 31.7 Å². The van der Waals surface area contributed by atoms with Crippen molar-refractivity contribution >= 4 is 10.0 Å². The second-order valence-corrected chi connectivity index (χ2v) is 4.60. The minimum Gasteiger partial charge on any atom is -0.504 e. The molecule has 0 atom stereocenters. The molecule has 0 aromatic heterocycles. The van der Waals surface area contributed by atoms with Crippen LogP contribution in [-0.2, 0) is 10.0 Å². The van der Waals surface area contributed by atoms with Crippen LogP contribution in [0.2, 0.25) is 0 Å². The zero-order chi connectivity index (χ0) is 11.5. The van der Waals surface area contributed by atoms with Gasteiger partial charge in [-0.15, -0.1) is 0 Å². The van der Waals surface area contributed by atoms with Crippen molar-refractivity contribution in [3.63, 3.8) is 0 Å². The Bertz CT molecular complexity index is 444. The second-order valence-electron chi connectivity index (χ2n) is 2.84. The Morgan fingerprint density at radius 2 is 1.93 bits per heavy atom. The lowest BCUT2D eigenvalue weighted by Crippen LogP contribution is -2.29. The van der Waals surface area contributed by atoms with E-state index in [0.29, 0.717) is 0 Å². The average molecular weight is 232 g/mol. The number of benzene rings is 1. The van der Waals surface area contributed by atoms with E-state index in [4.69, 9.17) is 15.9 Å². The summed E-state index contributed by atoms with van der Waals surface area (Å²) in [5.74, 6) is -0.849.